The van der Waals surface area contributed by atoms with Gasteiger partial charge in [0.2, 0.25) is 0 Å². The van der Waals surface area contributed by atoms with Crippen LogP contribution in [0.4, 0.5) is 0 Å². The van der Waals surface area contributed by atoms with Gasteiger partial charge in [-0.25, -0.2) is 4.98 Å². The summed E-state index contributed by atoms with van der Waals surface area (Å²) >= 11 is 12.4. The highest BCUT2D eigenvalue weighted by Gasteiger charge is 2.22. The van der Waals surface area contributed by atoms with Crippen LogP contribution in [-0.4, -0.2) is 37.3 Å². The molecule has 1 saturated heterocycles. The molecule has 0 radical (unpaired) electrons. The number of halogens is 2. The van der Waals surface area contributed by atoms with E-state index in [-0.39, 0.29) is 0 Å². The molecule has 2 aromatic rings. The van der Waals surface area contributed by atoms with Gasteiger partial charge >= 0.3 is 0 Å². The molecule has 1 aliphatic rings. The fourth-order valence-corrected chi connectivity index (χ4v) is 4.60. The molecule has 1 N–H and O–H groups in total. The fourth-order valence-electron chi connectivity index (χ4n) is 3.32. The third-order valence-corrected chi connectivity index (χ3v) is 7.04. The minimum absolute atomic E-state index is 0.454. The summed E-state index contributed by atoms with van der Waals surface area (Å²) in [6, 6.07) is 6.74. The standard InChI is InChI=1S/C20H29Cl2N3OSi/c1-27(2,3)9-8-26-14-25-13-19(16-10-17(21)12-18(22)11-16)24-20(25)15-4-6-23-7-5-15/h10-13,15,23H,4-9,14H2,1-3H3. The maximum absolute atomic E-state index is 6.19. The SMILES string of the molecule is C[Si](C)(C)CCOCn1cc(-c2cc(Cl)cc(Cl)c2)nc1C1CCNCC1. The van der Waals surface area contributed by atoms with Crippen molar-refractivity contribution in [3.63, 3.8) is 0 Å². The maximum Gasteiger partial charge on any atom is 0.124 e. The van der Waals surface area contributed by atoms with Gasteiger partial charge in [0.1, 0.15) is 12.6 Å². The molecule has 0 saturated carbocycles. The molecule has 0 bridgehead atoms. The first kappa shape index (κ1) is 20.9. The van der Waals surface area contributed by atoms with E-state index in [9.17, 15) is 0 Å². The van der Waals surface area contributed by atoms with Gasteiger partial charge < -0.3 is 14.6 Å². The van der Waals surface area contributed by atoms with E-state index in [4.69, 9.17) is 32.9 Å². The number of nitrogens with one attached hydrogen (secondary N) is 1. The number of benzene rings is 1. The average Bonchev–Trinajstić information content (AvgIpc) is 3.02. The van der Waals surface area contributed by atoms with Crippen LogP contribution >= 0.6 is 23.2 Å². The van der Waals surface area contributed by atoms with Gasteiger partial charge in [-0.3, -0.25) is 0 Å². The first-order valence-corrected chi connectivity index (χ1v) is 14.1. The third kappa shape index (κ3) is 6.06. The molecule has 1 aromatic heterocycles. The van der Waals surface area contributed by atoms with E-state index in [2.05, 4.69) is 35.7 Å². The second-order valence-corrected chi connectivity index (χ2v) is 15.0. The highest BCUT2D eigenvalue weighted by atomic mass is 35.5. The van der Waals surface area contributed by atoms with E-state index >= 15 is 0 Å². The Labute approximate surface area is 173 Å². The Kier molecular flexibility index (Phi) is 7.03. The maximum atomic E-state index is 6.19. The van der Waals surface area contributed by atoms with Crippen molar-refractivity contribution >= 4 is 31.3 Å². The Morgan fingerprint density at radius 2 is 1.81 bits per heavy atom. The van der Waals surface area contributed by atoms with Crippen molar-refractivity contribution in [1.29, 1.82) is 0 Å². The minimum Gasteiger partial charge on any atom is -0.361 e. The lowest BCUT2D eigenvalue weighted by Gasteiger charge is -2.23. The van der Waals surface area contributed by atoms with E-state index < -0.39 is 8.07 Å². The van der Waals surface area contributed by atoms with Gasteiger partial charge in [-0.2, -0.15) is 0 Å². The zero-order chi connectivity index (χ0) is 19.4. The first-order valence-electron chi connectivity index (χ1n) is 9.64. The van der Waals surface area contributed by atoms with E-state index in [1.165, 1.54) is 6.04 Å². The summed E-state index contributed by atoms with van der Waals surface area (Å²) in [5.41, 5.74) is 1.85. The molecule has 0 amide bonds. The van der Waals surface area contributed by atoms with Crippen molar-refractivity contribution in [2.24, 2.45) is 0 Å². The van der Waals surface area contributed by atoms with Crippen LogP contribution in [0.2, 0.25) is 35.7 Å². The van der Waals surface area contributed by atoms with Crippen molar-refractivity contribution in [2.75, 3.05) is 19.7 Å². The van der Waals surface area contributed by atoms with E-state index in [0.29, 0.717) is 22.7 Å². The number of aromatic nitrogens is 2. The second-order valence-electron chi connectivity index (χ2n) is 8.48. The first-order chi connectivity index (χ1) is 12.8. The summed E-state index contributed by atoms with van der Waals surface area (Å²) < 4.78 is 8.18. The van der Waals surface area contributed by atoms with Gasteiger partial charge in [-0.1, -0.05) is 42.8 Å². The molecular weight excluding hydrogens is 397 g/mol. The van der Waals surface area contributed by atoms with Crippen LogP contribution in [0.15, 0.2) is 24.4 Å². The highest BCUT2D eigenvalue weighted by molar-refractivity contribution is 6.76. The number of hydrogen-bond acceptors (Lipinski definition) is 3. The summed E-state index contributed by atoms with van der Waals surface area (Å²) in [6.07, 6.45) is 4.27. The molecule has 148 valence electrons. The molecule has 7 heteroatoms. The molecule has 3 rings (SSSR count). The van der Waals surface area contributed by atoms with Crippen LogP contribution in [0.3, 0.4) is 0 Å². The number of piperidine rings is 1. The van der Waals surface area contributed by atoms with Crippen molar-refractivity contribution < 1.29 is 4.74 Å². The predicted molar refractivity (Wildman–Crippen MR) is 117 cm³/mol. The van der Waals surface area contributed by atoms with Gasteiger partial charge in [-0.15, -0.1) is 0 Å². The smallest absolute Gasteiger partial charge is 0.124 e. The zero-order valence-corrected chi connectivity index (χ0v) is 18.9. The van der Waals surface area contributed by atoms with Crippen LogP contribution in [0.25, 0.3) is 11.3 Å². The molecule has 27 heavy (non-hydrogen) atoms. The summed E-state index contributed by atoms with van der Waals surface area (Å²) in [7, 11) is -1.09. The highest BCUT2D eigenvalue weighted by Crippen LogP contribution is 2.31. The molecule has 4 nitrogen and oxygen atoms in total. The summed E-state index contributed by atoms with van der Waals surface area (Å²) in [5, 5.41) is 4.68. The van der Waals surface area contributed by atoms with Crippen molar-refractivity contribution in [2.45, 2.75) is 51.2 Å². The molecule has 0 unspecified atom stereocenters. The molecule has 2 heterocycles. The van der Waals surface area contributed by atoms with Gasteiger partial charge in [0.15, 0.2) is 0 Å². The second kappa shape index (κ2) is 9.10. The predicted octanol–water partition coefficient (Wildman–Crippen LogP) is 5.64. The molecular formula is C20H29Cl2N3OSi. The Balaban J connectivity index is 1.82. The van der Waals surface area contributed by atoms with E-state index in [1.54, 1.807) is 6.07 Å². The largest absolute Gasteiger partial charge is 0.361 e. The van der Waals surface area contributed by atoms with Crippen LogP contribution in [-0.2, 0) is 11.5 Å². The minimum atomic E-state index is -1.09. The van der Waals surface area contributed by atoms with Gasteiger partial charge in [-0.05, 0) is 50.2 Å². The summed E-state index contributed by atoms with van der Waals surface area (Å²) in [5.74, 6) is 1.56. The van der Waals surface area contributed by atoms with Crippen LogP contribution in [0.1, 0.15) is 24.6 Å². The van der Waals surface area contributed by atoms with Gasteiger partial charge in [0, 0.05) is 42.4 Å². The fraction of sp³-hybridized carbons (Fsp3) is 0.550. The number of nitrogens with zero attached hydrogens (tertiary/aromatic N) is 2. The monoisotopic (exact) mass is 425 g/mol. The number of imidazole rings is 1. The topological polar surface area (TPSA) is 39.1 Å². The molecule has 1 fully saturated rings. The van der Waals surface area contributed by atoms with Crippen LogP contribution in [0.5, 0.6) is 0 Å². The molecule has 0 atom stereocenters. The van der Waals surface area contributed by atoms with Crippen molar-refractivity contribution in [3.05, 3.63) is 40.3 Å². The molecule has 1 aliphatic heterocycles. The third-order valence-electron chi connectivity index (χ3n) is 4.90. The van der Waals surface area contributed by atoms with Crippen molar-refractivity contribution in [3.8, 4) is 11.3 Å². The van der Waals surface area contributed by atoms with Crippen molar-refractivity contribution in [1.82, 2.24) is 14.9 Å². The van der Waals surface area contributed by atoms with E-state index in [0.717, 1.165) is 49.6 Å². The molecule has 0 aliphatic carbocycles. The van der Waals surface area contributed by atoms with Crippen LogP contribution in [0, 0.1) is 0 Å². The lowest BCUT2D eigenvalue weighted by Crippen LogP contribution is -2.28. The van der Waals surface area contributed by atoms with E-state index in [1.807, 2.05) is 12.1 Å². The Morgan fingerprint density at radius 1 is 1.15 bits per heavy atom. The Morgan fingerprint density at radius 3 is 2.44 bits per heavy atom. The number of rotatable bonds is 7. The Bertz CT molecular complexity index is 747. The molecule has 0 spiro atoms. The number of ether oxygens (including phenoxy) is 1. The lowest BCUT2D eigenvalue weighted by molar-refractivity contribution is 0.0838. The molecule has 1 aromatic carbocycles. The average molecular weight is 426 g/mol. The quantitative estimate of drug-likeness (QED) is 0.460. The number of hydrogen-bond donors (Lipinski definition) is 1. The Hall–Kier alpha value is -0.853. The van der Waals surface area contributed by atoms with Gasteiger partial charge in [0.05, 0.1) is 5.69 Å². The van der Waals surface area contributed by atoms with Gasteiger partial charge in [0.25, 0.3) is 0 Å². The summed E-state index contributed by atoms with van der Waals surface area (Å²) in [4.78, 5) is 4.96. The summed E-state index contributed by atoms with van der Waals surface area (Å²) in [6.45, 7) is 10.5. The lowest BCUT2D eigenvalue weighted by atomic mass is 9.97. The normalized spacial score (nSPS) is 16.0. The van der Waals surface area contributed by atoms with Crippen LogP contribution < -0.4 is 5.32 Å². The zero-order valence-electron chi connectivity index (χ0n) is 16.4.